The second kappa shape index (κ2) is 5.36. The van der Waals surface area contributed by atoms with E-state index in [0.717, 1.165) is 24.0 Å². The Hall–Kier alpha value is -1.61. The summed E-state index contributed by atoms with van der Waals surface area (Å²) in [6.45, 7) is 2.75. The van der Waals surface area contributed by atoms with E-state index in [1.165, 1.54) is 0 Å². The average molecular weight is 245 g/mol. The van der Waals surface area contributed by atoms with E-state index in [4.69, 9.17) is 5.11 Å². The Morgan fingerprint density at radius 1 is 1.44 bits per heavy atom. The molecule has 0 heterocycles. The Bertz CT molecular complexity index is 461. The van der Waals surface area contributed by atoms with E-state index >= 15 is 0 Å². The van der Waals surface area contributed by atoms with Crippen molar-refractivity contribution in [1.29, 1.82) is 0 Å². The zero-order chi connectivity index (χ0) is 13.0. The lowest BCUT2D eigenvalue weighted by Gasteiger charge is -2.11. The van der Waals surface area contributed by atoms with Crippen LogP contribution in [0.25, 0.3) is 6.08 Å². The van der Waals surface area contributed by atoms with Crippen LogP contribution in [0.2, 0.25) is 0 Å². The molecule has 2 N–H and O–H groups in total. The molecule has 1 aromatic carbocycles. The molecule has 0 aromatic heterocycles. The number of hydrogen-bond acceptors (Lipinski definition) is 2. The Morgan fingerprint density at radius 3 is 2.78 bits per heavy atom. The minimum atomic E-state index is -0.0991. The molecular weight excluding hydrogens is 226 g/mol. The maximum absolute atomic E-state index is 11.6. The fourth-order valence-corrected chi connectivity index (χ4v) is 1.84. The van der Waals surface area contributed by atoms with Crippen LogP contribution in [-0.4, -0.2) is 24.2 Å². The van der Waals surface area contributed by atoms with Crippen molar-refractivity contribution in [2.24, 2.45) is 5.41 Å². The molecule has 0 aliphatic heterocycles. The average Bonchev–Trinajstić information content (AvgIpc) is 3.16. The molecule has 0 bridgehead atoms. The Kier molecular flexibility index (Phi) is 3.82. The van der Waals surface area contributed by atoms with E-state index in [0.29, 0.717) is 6.54 Å². The lowest BCUT2D eigenvalue weighted by molar-refractivity contribution is -0.116. The van der Waals surface area contributed by atoms with Crippen molar-refractivity contribution in [2.75, 3.05) is 13.2 Å². The zero-order valence-corrected chi connectivity index (χ0v) is 10.6. The van der Waals surface area contributed by atoms with E-state index in [2.05, 4.69) is 5.32 Å². The number of benzene rings is 1. The summed E-state index contributed by atoms with van der Waals surface area (Å²) in [7, 11) is 0. The number of aliphatic hydroxyl groups is 1. The van der Waals surface area contributed by atoms with Gasteiger partial charge in [-0.2, -0.15) is 0 Å². The first-order valence-corrected chi connectivity index (χ1v) is 6.28. The van der Waals surface area contributed by atoms with Crippen molar-refractivity contribution >= 4 is 12.0 Å². The van der Waals surface area contributed by atoms with Gasteiger partial charge in [0, 0.05) is 18.0 Å². The highest BCUT2D eigenvalue weighted by atomic mass is 16.3. The smallest absolute Gasteiger partial charge is 0.244 e. The lowest BCUT2D eigenvalue weighted by Crippen LogP contribution is -2.30. The van der Waals surface area contributed by atoms with Crippen LogP contribution in [0.5, 0.6) is 0 Å². The number of nitrogens with one attached hydrogen (secondary N) is 1. The van der Waals surface area contributed by atoms with E-state index < -0.39 is 0 Å². The Labute approximate surface area is 108 Å². The van der Waals surface area contributed by atoms with Crippen LogP contribution in [-0.2, 0) is 4.79 Å². The van der Waals surface area contributed by atoms with Crippen molar-refractivity contribution < 1.29 is 9.90 Å². The van der Waals surface area contributed by atoms with Gasteiger partial charge in [-0.25, -0.2) is 0 Å². The van der Waals surface area contributed by atoms with Gasteiger partial charge in [0.1, 0.15) is 0 Å². The first kappa shape index (κ1) is 12.8. The van der Waals surface area contributed by atoms with Crippen molar-refractivity contribution in [3.63, 3.8) is 0 Å². The highest BCUT2D eigenvalue weighted by Gasteiger charge is 2.41. The quantitative estimate of drug-likeness (QED) is 0.778. The minimum Gasteiger partial charge on any atom is -0.396 e. The van der Waals surface area contributed by atoms with E-state index in [-0.39, 0.29) is 17.9 Å². The van der Waals surface area contributed by atoms with E-state index in [9.17, 15) is 4.79 Å². The summed E-state index contributed by atoms with van der Waals surface area (Å²) in [6, 6.07) is 7.93. The number of aliphatic hydroxyl groups excluding tert-OH is 1. The molecule has 0 atom stereocenters. The molecule has 1 aromatic rings. The predicted molar refractivity (Wildman–Crippen MR) is 72.0 cm³/mol. The molecule has 0 spiro atoms. The van der Waals surface area contributed by atoms with Gasteiger partial charge in [0.15, 0.2) is 0 Å². The molecule has 0 saturated heterocycles. The fraction of sp³-hybridized carbons (Fsp3) is 0.400. The first-order valence-electron chi connectivity index (χ1n) is 6.28. The molecule has 0 unspecified atom stereocenters. The van der Waals surface area contributed by atoms with Crippen molar-refractivity contribution in [2.45, 2.75) is 19.8 Å². The first-order chi connectivity index (χ1) is 8.65. The molecule has 2 rings (SSSR count). The molecular formula is C15H19NO2. The van der Waals surface area contributed by atoms with Crippen LogP contribution in [0.15, 0.2) is 30.3 Å². The Balaban J connectivity index is 1.86. The normalized spacial score (nSPS) is 16.8. The summed E-state index contributed by atoms with van der Waals surface area (Å²) in [6.07, 6.45) is 5.38. The van der Waals surface area contributed by atoms with Gasteiger partial charge >= 0.3 is 0 Å². The van der Waals surface area contributed by atoms with Crippen LogP contribution in [0.1, 0.15) is 24.0 Å². The summed E-state index contributed by atoms with van der Waals surface area (Å²) in [5.41, 5.74) is 2.16. The highest BCUT2D eigenvalue weighted by Crippen LogP contribution is 2.44. The van der Waals surface area contributed by atoms with Crippen LogP contribution in [0.4, 0.5) is 0 Å². The molecule has 1 saturated carbocycles. The number of rotatable bonds is 5. The van der Waals surface area contributed by atoms with Crippen LogP contribution in [0, 0.1) is 12.3 Å². The van der Waals surface area contributed by atoms with Crippen molar-refractivity contribution in [3.05, 3.63) is 41.5 Å². The van der Waals surface area contributed by atoms with Gasteiger partial charge in [0.2, 0.25) is 5.91 Å². The summed E-state index contributed by atoms with van der Waals surface area (Å²) < 4.78 is 0. The number of carbonyl (C=O) groups is 1. The third-order valence-corrected chi connectivity index (χ3v) is 3.53. The summed E-state index contributed by atoms with van der Waals surface area (Å²) >= 11 is 0. The lowest BCUT2D eigenvalue weighted by atomic mass is 10.1. The van der Waals surface area contributed by atoms with Crippen molar-refractivity contribution in [1.82, 2.24) is 5.32 Å². The number of aryl methyl sites for hydroxylation is 1. The third-order valence-electron chi connectivity index (χ3n) is 3.53. The maximum Gasteiger partial charge on any atom is 0.244 e. The zero-order valence-electron chi connectivity index (χ0n) is 10.6. The summed E-state index contributed by atoms with van der Waals surface area (Å²) in [4.78, 5) is 11.6. The van der Waals surface area contributed by atoms with E-state index in [1.807, 2.05) is 37.3 Å². The standard InChI is InChI=1S/C15H19NO2/c1-12-4-2-3-5-13(12)6-7-14(18)16-10-15(11-17)8-9-15/h2-7,17H,8-11H2,1H3,(H,16,18)/b7-6+. The maximum atomic E-state index is 11.6. The van der Waals surface area contributed by atoms with Gasteiger partial charge in [-0.05, 0) is 37.0 Å². The molecule has 1 amide bonds. The summed E-state index contributed by atoms with van der Waals surface area (Å²) in [5.74, 6) is -0.0991. The SMILES string of the molecule is Cc1ccccc1/C=C/C(=O)NCC1(CO)CC1. The molecule has 1 aliphatic carbocycles. The topological polar surface area (TPSA) is 49.3 Å². The number of amides is 1. The minimum absolute atomic E-state index is 0.0356. The molecule has 18 heavy (non-hydrogen) atoms. The summed E-state index contributed by atoms with van der Waals surface area (Å²) in [5, 5.41) is 12.0. The third kappa shape index (κ3) is 3.20. The van der Waals surface area contributed by atoms with Gasteiger partial charge in [-0.3, -0.25) is 4.79 Å². The van der Waals surface area contributed by atoms with Crippen LogP contribution < -0.4 is 5.32 Å². The molecule has 1 fully saturated rings. The van der Waals surface area contributed by atoms with Gasteiger partial charge in [-0.1, -0.05) is 24.3 Å². The second-order valence-corrected chi connectivity index (χ2v) is 5.07. The highest BCUT2D eigenvalue weighted by molar-refractivity contribution is 5.91. The van der Waals surface area contributed by atoms with Gasteiger partial charge in [0.05, 0.1) is 6.61 Å². The molecule has 0 radical (unpaired) electrons. The van der Waals surface area contributed by atoms with Gasteiger partial charge in [-0.15, -0.1) is 0 Å². The fourth-order valence-electron chi connectivity index (χ4n) is 1.84. The monoisotopic (exact) mass is 245 g/mol. The van der Waals surface area contributed by atoms with E-state index in [1.54, 1.807) is 6.08 Å². The predicted octanol–water partition coefficient (Wildman–Crippen LogP) is 1.90. The molecule has 3 nitrogen and oxygen atoms in total. The van der Waals surface area contributed by atoms with Gasteiger partial charge < -0.3 is 10.4 Å². The molecule has 1 aliphatic rings. The van der Waals surface area contributed by atoms with Crippen molar-refractivity contribution in [3.8, 4) is 0 Å². The van der Waals surface area contributed by atoms with Crippen LogP contribution >= 0.6 is 0 Å². The molecule has 3 heteroatoms. The van der Waals surface area contributed by atoms with Gasteiger partial charge in [0.25, 0.3) is 0 Å². The van der Waals surface area contributed by atoms with Crippen LogP contribution in [0.3, 0.4) is 0 Å². The second-order valence-electron chi connectivity index (χ2n) is 5.07. The molecule has 96 valence electrons. The Morgan fingerprint density at radius 2 is 2.17 bits per heavy atom. The largest absolute Gasteiger partial charge is 0.396 e. The number of hydrogen-bond donors (Lipinski definition) is 2. The number of carbonyl (C=O) groups excluding carboxylic acids is 1.